The molecule has 2 heterocycles. The van der Waals surface area contributed by atoms with Gasteiger partial charge in [-0.2, -0.15) is 0 Å². The van der Waals surface area contributed by atoms with Crippen LogP contribution in [0.5, 0.6) is 0 Å². The van der Waals surface area contributed by atoms with Crippen LogP contribution < -0.4 is 5.32 Å². The van der Waals surface area contributed by atoms with E-state index in [1.54, 1.807) is 29.8 Å². The number of benzene rings is 1. The number of hydrogen-bond donors (Lipinski definition) is 1. The van der Waals surface area contributed by atoms with Gasteiger partial charge in [0.1, 0.15) is 5.52 Å². The molecule has 1 N–H and O–H groups in total. The summed E-state index contributed by atoms with van der Waals surface area (Å²) in [5.74, 6) is -0.138. The maximum atomic E-state index is 12.3. The van der Waals surface area contributed by atoms with Crippen LogP contribution in [0.3, 0.4) is 0 Å². The Morgan fingerprint density at radius 3 is 2.85 bits per heavy atom. The number of carbonyl (C=O) groups excluding carboxylic acids is 1. The van der Waals surface area contributed by atoms with Gasteiger partial charge in [0.25, 0.3) is 5.91 Å². The molecule has 3 aromatic rings. The number of fused-ring (bicyclic) bond motifs is 1. The Kier molecular flexibility index (Phi) is 3.75. The van der Waals surface area contributed by atoms with E-state index >= 15 is 0 Å². The second-order valence-electron chi connectivity index (χ2n) is 4.12. The van der Waals surface area contributed by atoms with E-state index in [1.807, 2.05) is 24.3 Å². The smallest absolute Gasteiger partial charge is 0.253 e. The standard InChI is InChI=1S/C14H10BrN3OS/c15-12-5-4-9(20-12)8-18-14(19)10-2-1-3-11-13(10)17-7-6-16-11/h1-7H,8H2,(H,18,19). The molecule has 0 radical (unpaired) electrons. The zero-order valence-corrected chi connectivity index (χ0v) is 12.7. The van der Waals surface area contributed by atoms with Crippen LogP contribution in [0.15, 0.2) is 46.5 Å². The molecule has 0 fully saturated rings. The van der Waals surface area contributed by atoms with E-state index in [2.05, 4.69) is 31.2 Å². The summed E-state index contributed by atoms with van der Waals surface area (Å²) < 4.78 is 1.05. The molecule has 1 amide bonds. The second-order valence-corrected chi connectivity index (χ2v) is 6.67. The van der Waals surface area contributed by atoms with Crippen molar-refractivity contribution < 1.29 is 4.79 Å². The first kappa shape index (κ1) is 13.2. The lowest BCUT2D eigenvalue weighted by Gasteiger charge is -2.06. The van der Waals surface area contributed by atoms with Crippen LogP contribution in [0.25, 0.3) is 11.0 Å². The molecular formula is C14H10BrN3OS. The number of nitrogens with zero attached hydrogens (tertiary/aromatic N) is 2. The summed E-state index contributed by atoms with van der Waals surface area (Å²) >= 11 is 5.01. The van der Waals surface area contributed by atoms with E-state index in [0.29, 0.717) is 17.6 Å². The number of para-hydroxylation sites is 1. The maximum Gasteiger partial charge on any atom is 0.253 e. The lowest BCUT2D eigenvalue weighted by molar-refractivity contribution is 0.0953. The molecule has 4 nitrogen and oxygen atoms in total. The Morgan fingerprint density at radius 1 is 1.20 bits per heavy atom. The first-order valence-electron chi connectivity index (χ1n) is 5.96. The molecular weight excluding hydrogens is 338 g/mol. The maximum absolute atomic E-state index is 12.3. The summed E-state index contributed by atoms with van der Waals surface area (Å²) in [4.78, 5) is 21.8. The zero-order chi connectivity index (χ0) is 13.9. The average molecular weight is 348 g/mol. The van der Waals surface area contributed by atoms with Gasteiger partial charge in [-0.15, -0.1) is 11.3 Å². The predicted molar refractivity (Wildman–Crippen MR) is 82.7 cm³/mol. The molecule has 1 aromatic carbocycles. The quantitative estimate of drug-likeness (QED) is 0.790. The topological polar surface area (TPSA) is 54.9 Å². The summed E-state index contributed by atoms with van der Waals surface area (Å²) in [6.45, 7) is 0.506. The van der Waals surface area contributed by atoms with Gasteiger partial charge in [-0.3, -0.25) is 14.8 Å². The van der Waals surface area contributed by atoms with Crippen molar-refractivity contribution in [1.82, 2.24) is 15.3 Å². The molecule has 6 heteroatoms. The van der Waals surface area contributed by atoms with E-state index in [9.17, 15) is 4.79 Å². The Hall–Kier alpha value is -1.79. The molecule has 0 aliphatic heterocycles. The summed E-state index contributed by atoms with van der Waals surface area (Å²) in [6.07, 6.45) is 3.21. The van der Waals surface area contributed by atoms with Gasteiger partial charge in [0, 0.05) is 17.3 Å². The van der Waals surface area contributed by atoms with Gasteiger partial charge in [0.15, 0.2) is 0 Å². The van der Waals surface area contributed by atoms with Crippen molar-refractivity contribution >= 4 is 44.2 Å². The highest BCUT2D eigenvalue weighted by Crippen LogP contribution is 2.22. The van der Waals surface area contributed by atoms with Crippen LogP contribution in [0.1, 0.15) is 15.2 Å². The van der Waals surface area contributed by atoms with E-state index < -0.39 is 0 Å². The largest absolute Gasteiger partial charge is 0.347 e. The normalized spacial score (nSPS) is 10.7. The third kappa shape index (κ3) is 2.71. The molecule has 100 valence electrons. The van der Waals surface area contributed by atoms with Crippen LogP contribution in [-0.4, -0.2) is 15.9 Å². The minimum Gasteiger partial charge on any atom is -0.347 e. The third-order valence-corrected chi connectivity index (χ3v) is 4.42. The van der Waals surface area contributed by atoms with Crippen molar-refractivity contribution in [1.29, 1.82) is 0 Å². The van der Waals surface area contributed by atoms with Crippen molar-refractivity contribution in [3.63, 3.8) is 0 Å². The first-order valence-corrected chi connectivity index (χ1v) is 7.57. The highest BCUT2D eigenvalue weighted by atomic mass is 79.9. The van der Waals surface area contributed by atoms with Gasteiger partial charge in [0.05, 0.1) is 21.4 Å². The zero-order valence-electron chi connectivity index (χ0n) is 10.3. The van der Waals surface area contributed by atoms with Gasteiger partial charge < -0.3 is 5.32 Å². The molecule has 0 aliphatic carbocycles. The van der Waals surface area contributed by atoms with Crippen LogP contribution >= 0.6 is 27.3 Å². The fraction of sp³-hybridized carbons (Fsp3) is 0.0714. The molecule has 0 saturated carbocycles. The van der Waals surface area contributed by atoms with Crippen molar-refractivity contribution in [3.8, 4) is 0 Å². The number of carbonyl (C=O) groups is 1. The van der Waals surface area contributed by atoms with Crippen molar-refractivity contribution in [3.05, 3.63) is 57.0 Å². The van der Waals surface area contributed by atoms with Gasteiger partial charge >= 0.3 is 0 Å². The van der Waals surface area contributed by atoms with Crippen LogP contribution in [0.4, 0.5) is 0 Å². The third-order valence-electron chi connectivity index (χ3n) is 2.80. The molecule has 0 spiro atoms. The Morgan fingerprint density at radius 2 is 2.05 bits per heavy atom. The van der Waals surface area contributed by atoms with Crippen LogP contribution in [-0.2, 0) is 6.54 Å². The number of halogens is 1. The van der Waals surface area contributed by atoms with E-state index in [-0.39, 0.29) is 5.91 Å². The lowest BCUT2D eigenvalue weighted by Crippen LogP contribution is -2.22. The highest BCUT2D eigenvalue weighted by molar-refractivity contribution is 9.11. The molecule has 0 saturated heterocycles. The van der Waals surface area contributed by atoms with E-state index in [1.165, 1.54) is 0 Å². The van der Waals surface area contributed by atoms with Crippen LogP contribution in [0, 0.1) is 0 Å². The lowest BCUT2D eigenvalue weighted by atomic mass is 10.1. The van der Waals surface area contributed by atoms with Crippen molar-refractivity contribution in [2.75, 3.05) is 0 Å². The average Bonchev–Trinajstić information content (AvgIpc) is 2.90. The summed E-state index contributed by atoms with van der Waals surface area (Å²) in [5.41, 5.74) is 1.89. The molecule has 0 unspecified atom stereocenters. The highest BCUT2D eigenvalue weighted by Gasteiger charge is 2.11. The predicted octanol–water partition coefficient (Wildman–Crippen LogP) is 3.38. The fourth-order valence-corrected chi connectivity index (χ4v) is 3.31. The number of thiophene rings is 1. The number of hydrogen-bond acceptors (Lipinski definition) is 4. The monoisotopic (exact) mass is 347 g/mol. The Balaban J connectivity index is 1.82. The molecule has 3 rings (SSSR count). The SMILES string of the molecule is O=C(NCc1ccc(Br)s1)c1cccc2nccnc12. The number of nitrogens with one attached hydrogen (secondary N) is 1. The molecule has 0 aliphatic rings. The summed E-state index contributed by atoms with van der Waals surface area (Å²) in [7, 11) is 0. The minimum absolute atomic E-state index is 0.138. The number of aromatic nitrogens is 2. The van der Waals surface area contributed by atoms with Crippen LogP contribution in [0.2, 0.25) is 0 Å². The number of rotatable bonds is 3. The van der Waals surface area contributed by atoms with Crippen molar-refractivity contribution in [2.24, 2.45) is 0 Å². The van der Waals surface area contributed by atoms with Gasteiger partial charge in [-0.25, -0.2) is 0 Å². The number of amides is 1. The summed E-state index contributed by atoms with van der Waals surface area (Å²) in [5, 5.41) is 2.90. The van der Waals surface area contributed by atoms with Gasteiger partial charge in [-0.1, -0.05) is 6.07 Å². The van der Waals surface area contributed by atoms with E-state index in [0.717, 1.165) is 14.2 Å². The molecule has 0 bridgehead atoms. The van der Waals surface area contributed by atoms with Crippen molar-refractivity contribution in [2.45, 2.75) is 6.54 Å². The second kappa shape index (κ2) is 5.68. The minimum atomic E-state index is -0.138. The summed E-state index contributed by atoms with van der Waals surface area (Å²) in [6, 6.07) is 9.37. The molecule has 0 atom stereocenters. The fourth-order valence-electron chi connectivity index (χ4n) is 1.89. The first-order chi connectivity index (χ1) is 9.74. The molecule has 20 heavy (non-hydrogen) atoms. The molecule has 2 aromatic heterocycles. The van der Waals surface area contributed by atoms with Gasteiger partial charge in [0.2, 0.25) is 0 Å². The van der Waals surface area contributed by atoms with E-state index in [4.69, 9.17) is 0 Å². The van der Waals surface area contributed by atoms with Gasteiger partial charge in [-0.05, 0) is 40.2 Å². The Bertz CT molecular complexity index is 766. The Labute approximate surface area is 128 Å².